The molecule has 0 unspecified atom stereocenters. The van der Waals surface area contributed by atoms with Gasteiger partial charge in [0, 0.05) is 11.5 Å². The van der Waals surface area contributed by atoms with Gasteiger partial charge in [-0.3, -0.25) is 9.40 Å². The summed E-state index contributed by atoms with van der Waals surface area (Å²) >= 11 is 3.23. The maximum atomic E-state index is 12.2. The van der Waals surface area contributed by atoms with Crippen LogP contribution in [-0.4, -0.2) is 18.2 Å². The van der Waals surface area contributed by atoms with E-state index in [4.69, 9.17) is 5.26 Å². The minimum absolute atomic E-state index is 0.112. The van der Waals surface area contributed by atoms with Gasteiger partial charge >= 0.3 is 0 Å². The Balaban J connectivity index is 2.39. The smallest absolute Gasteiger partial charge is 0.262 e. The van der Waals surface area contributed by atoms with Crippen LogP contribution in [0.5, 0.6) is 0 Å². The third kappa shape index (κ3) is 2.77. The molecule has 1 N–H and O–H groups in total. The standard InChI is InChI=1S/C11H9BrN4O2S/c1-16-11(8(6-13)7-14-16)15-19(17,18)10-4-2-9(12)3-5-10/h2-5,7,15H,1H3. The fraction of sp³-hybridized carbons (Fsp3) is 0.0909. The van der Waals surface area contributed by atoms with Gasteiger partial charge in [0.2, 0.25) is 0 Å². The zero-order chi connectivity index (χ0) is 14.0. The van der Waals surface area contributed by atoms with Crippen LogP contribution in [0.15, 0.2) is 39.8 Å². The van der Waals surface area contributed by atoms with Crippen molar-refractivity contribution in [1.82, 2.24) is 9.78 Å². The van der Waals surface area contributed by atoms with E-state index in [1.54, 1.807) is 19.2 Å². The highest BCUT2D eigenvalue weighted by atomic mass is 79.9. The summed E-state index contributed by atoms with van der Waals surface area (Å²) in [5.74, 6) is 0.144. The first-order valence-electron chi connectivity index (χ1n) is 5.14. The number of aryl methyl sites for hydroxylation is 1. The molecule has 0 bridgehead atoms. The minimum Gasteiger partial charge on any atom is -0.262 e. The molecule has 0 radical (unpaired) electrons. The predicted octanol–water partition coefficient (Wildman–Crippen LogP) is 1.86. The highest BCUT2D eigenvalue weighted by molar-refractivity contribution is 9.10. The van der Waals surface area contributed by atoms with Crippen LogP contribution >= 0.6 is 15.9 Å². The number of benzene rings is 1. The summed E-state index contributed by atoms with van der Waals surface area (Å²) in [7, 11) is -2.18. The SMILES string of the molecule is Cn1ncc(C#N)c1NS(=O)(=O)c1ccc(Br)cc1. The fourth-order valence-electron chi connectivity index (χ4n) is 1.44. The van der Waals surface area contributed by atoms with Gasteiger partial charge in [0.05, 0.1) is 11.1 Å². The van der Waals surface area contributed by atoms with E-state index >= 15 is 0 Å². The van der Waals surface area contributed by atoms with Crippen molar-refractivity contribution in [1.29, 1.82) is 5.26 Å². The normalized spacial score (nSPS) is 11.0. The predicted molar refractivity (Wildman–Crippen MR) is 72.9 cm³/mol. The van der Waals surface area contributed by atoms with E-state index in [0.29, 0.717) is 0 Å². The second-order valence-electron chi connectivity index (χ2n) is 3.70. The number of nitriles is 1. The second kappa shape index (κ2) is 5.03. The fourth-order valence-corrected chi connectivity index (χ4v) is 2.81. The molecular formula is C11H9BrN4O2S. The molecule has 6 nitrogen and oxygen atoms in total. The number of nitrogens with one attached hydrogen (secondary N) is 1. The molecule has 0 spiro atoms. The molecule has 0 saturated carbocycles. The maximum absolute atomic E-state index is 12.2. The first kappa shape index (κ1) is 13.6. The lowest BCUT2D eigenvalue weighted by atomic mass is 10.4. The number of hydrogen-bond acceptors (Lipinski definition) is 4. The molecule has 0 atom stereocenters. The van der Waals surface area contributed by atoms with Gasteiger partial charge in [0.25, 0.3) is 10.0 Å². The zero-order valence-corrected chi connectivity index (χ0v) is 12.2. The van der Waals surface area contributed by atoms with Gasteiger partial charge in [0.1, 0.15) is 11.6 Å². The molecule has 0 fully saturated rings. The molecule has 19 heavy (non-hydrogen) atoms. The summed E-state index contributed by atoms with van der Waals surface area (Å²) in [5.41, 5.74) is 0.170. The number of anilines is 1. The number of aromatic nitrogens is 2. The Labute approximate surface area is 118 Å². The zero-order valence-electron chi connectivity index (χ0n) is 9.83. The van der Waals surface area contributed by atoms with Gasteiger partial charge in [-0.15, -0.1) is 0 Å². The highest BCUT2D eigenvalue weighted by Gasteiger charge is 2.18. The first-order valence-corrected chi connectivity index (χ1v) is 7.42. The lowest BCUT2D eigenvalue weighted by Gasteiger charge is -2.08. The van der Waals surface area contributed by atoms with Crippen molar-refractivity contribution in [2.75, 3.05) is 4.72 Å². The molecule has 0 aliphatic heterocycles. The summed E-state index contributed by atoms with van der Waals surface area (Å²) in [6.45, 7) is 0. The molecule has 1 aromatic heterocycles. The number of halogens is 1. The van der Waals surface area contributed by atoms with Crippen molar-refractivity contribution in [2.24, 2.45) is 7.05 Å². The summed E-state index contributed by atoms with van der Waals surface area (Å²) < 4.78 is 28.7. The molecule has 98 valence electrons. The van der Waals surface area contributed by atoms with Crippen molar-refractivity contribution in [2.45, 2.75) is 4.90 Å². The Morgan fingerprint density at radius 3 is 2.58 bits per heavy atom. The molecule has 2 rings (SSSR count). The number of hydrogen-bond donors (Lipinski definition) is 1. The van der Waals surface area contributed by atoms with E-state index in [0.717, 1.165) is 4.47 Å². The van der Waals surface area contributed by atoms with Crippen molar-refractivity contribution in [3.8, 4) is 6.07 Å². The third-order valence-electron chi connectivity index (χ3n) is 2.41. The van der Waals surface area contributed by atoms with Crippen LogP contribution in [0.25, 0.3) is 0 Å². The summed E-state index contributed by atoms with van der Waals surface area (Å²) in [4.78, 5) is 0.112. The Kier molecular flexibility index (Phi) is 3.59. The van der Waals surface area contributed by atoms with Gasteiger partial charge in [-0.25, -0.2) is 8.42 Å². The van der Waals surface area contributed by atoms with E-state index in [2.05, 4.69) is 25.8 Å². The van der Waals surface area contributed by atoms with Crippen LogP contribution in [-0.2, 0) is 17.1 Å². The van der Waals surface area contributed by atoms with Gasteiger partial charge in [0.15, 0.2) is 5.82 Å². The third-order valence-corrected chi connectivity index (χ3v) is 4.30. The van der Waals surface area contributed by atoms with Crippen molar-refractivity contribution in [3.05, 3.63) is 40.5 Å². The van der Waals surface area contributed by atoms with Crippen molar-refractivity contribution in [3.63, 3.8) is 0 Å². The summed E-state index contributed by atoms with van der Waals surface area (Å²) in [6, 6.07) is 8.07. The average Bonchev–Trinajstić information content (AvgIpc) is 2.70. The average molecular weight is 341 g/mol. The van der Waals surface area contributed by atoms with Gasteiger partial charge in [-0.2, -0.15) is 10.4 Å². The molecule has 8 heteroatoms. The Hall–Kier alpha value is -1.85. The summed E-state index contributed by atoms with van der Waals surface area (Å²) in [6.07, 6.45) is 1.30. The topological polar surface area (TPSA) is 87.8 Å². The Morgan fingerprint density at radius 2 is 2.00 bits per heavy atom. The van der Waals surface area contributed by atoms with Crippen LogP contribution in [0.4, 0.5) is 5.82 Å². The van der Waals surface area contributed by atoms with Crippen molar-refractivity contribution < 1.29 is 8.42 Å². The molecule has 0 aliphatic carbocycles. The molecular weight excluding hydrogens is 332 g/mol. The molecule has 0 saturated heterocycles. The molecule has 0 aliphatic rings. The van der Waals surface area contributed by atoms with Crippen LogP contribution in [0.2, 0.25) is 0 Å². The first-order chi connectivity index (χ1) is 8.94. The van der Waals surface area contributed by atoms with E-state index in [1.807, 2.05) is 6.07 Å². The van der Waals surface area contributed by atoms with E-state index in [-0.39, 0.29) is 16.3 Å². The van der Waals surface area contributed by atoms with E-state index < -0.39 is 10.0 Å². The van der Waals surface area contributed by atoms with Gasteiger partial charge in [-0.1, -0.05) is 15.9 Å². The number of nitrogens with zero attached hydrogens (tertiary/aromatic N) is 3. The second-order valence-corrected chi connectivity index (χ2v) is 6.30. The van der Waals surface area contributed by atoms with E-state index in [1.165, 1.54) is 23.0 Å². The number of sulfonamides is 1. The Morgan fingerprint density at radius 1 is 1.37 bits per heavy atom. The van der Waals surface area contributed by atoms with Gasteiger partial charge in [-0.05, 0) is 24.3 Å². The summed E-state index contributed by atoms with van der Waals surface area (Å²) in [5, 5.41) is 12.7. The number of rotatable bonds is 3. The molecule has 1 aromatic carbocycles. The quantitative estimate of drug-likeness (QED) is 0.923. The highest BCUT2D eigenvalue weighted by Crippen LogP contribution is 2.20. The molecule has 2 aromatic rings. The monoisotopic (exact) mass is 340 g/mol. The van der Waals surface area contributed by atoms with Gasteiger partial charge < -0.3 is 0 Å². The van der Waals surface area contributed by atoms with E-state index in [9.17, 15) is 8.42 Å². The van der Waals surface area contributed by atoms with Crippen LogP contribution in [0.1, 0.15) is 5.56 Å². The Bertz CT molecular complexity index is 744. The minimum atomic E-state index is -3.74. The molecule has 1 heterocycles. The molecule has 0 amide bonds. The largest absolute Gasteiger partial charge is 0.263 e. The van der Waals surface area contributed by atoms with Crippen LogP contribution in [0, 0.1) is 11.3 Å². The van der Waals surface area contributed by atoms with Crippen LogP contribution in [0.3, 0.4) is 0 Å². The lowest BCUT2D eigenvalue weighted by molar-refractivity contribution is 0.600. The van der Waals surface area contributed by atoms with Crippen molar-refractivity contribution >= 4 is 31.8 Å². The van der Waals surface area contributed by atoms with Crippen LogP contribution < -0.4 is 4.72 Å². The maximum Gasteiger partial charge on any atom is 0.263 e. The lowest BCUT2D eigenvalue weighted by Crippen LogP contribution is -2.16.